The molecule has 0 radical (unpaired) electrons. The molecule has 2 heterocycles. The Bertz CT molecular complexity index is 523. The molecule has 21 heavy (non-hydrogen) atoms. The van der Waals surface area contributed by atoms with Crippen molar-refractivity contribution in [2.24, 2.45) is 0 Å². The minimum Gasteiger partial charge on any atom is -0.337 e. The first-order valence-corrected chi connectivity index (χ1v) is 7.96. The van der Waals surface area contributed by atoms with E-state index >= 15 is 0 Å². The van der Waals surface area contributed by atoms with E-state index < -0.39 is 0 Å². The van der Waals surface area contributed by atoms with E-state index in [-0.39, 0.29) is 5.91 Å². The molecule has 4 heteroatoms. The highest BCUT2D eigenvalue weighted by Gasteiger charge is 2.31. The summed E-state index contributed by atoms with van der Waals surface area (Å²) in [5.41, 5.74) is 3.27. The summed E-state index contributed by atoms with van der Waals surface area (Å²) in [7, 11) is 0. The maximum atomic E-state index is 12.6. The summed E-state index contributed by atoms with van der Waals surface area (Å²) in [4.78, 5) is 17.2. The number of hydrogen-bond acceptors (Lipinski definition) is 3. The number of carbonyl (C=O) groups excluding carboxylic acids is 1. The predicted molar refractivity (Wildman–Crippen MR) is 84.7 cm³/mol. The van der Waals surface area contributed by atoms with Crippen LogP contribution in [0.15, 0.2) is 18.2 Å². The molecule has 0 aliphatic carbocycles. The average molecular weight is 287 g/mol. The molecule has 1 atom stereocenters. The molecule has 1 unspecified atom stereocenters. The average Bonchev–Trinajstić information content (AvgIpc) is 3.00. The minimum atomic E-state index is 0.190. The molecule has 114 valence electrons. The standard InChI is InChI=1S/C17H25N3O/c1-13-3-4-15(11-14(13)2)17(21)20-8-5-16(12-20)19-9-6-18-7-10-19/h3-4,11,16,18H,5-10,12H2,1-2H3. The summed E-state index contributed by atoms with van der Waals surface area (Å²) >= 11 is 0. The van der Waals surface area contributed by atoms with E-state index in [2.05, 4.69) is 24.1 Å². The molecule has 0 spiro atoms. The van der Waals surface area contributed by atoms with Gasteiger partial charge in [0, 0.05) is 50.9 Å². The Hall–Kier alpha value is -1.39. The molecule has 2 saturated heterocycles. The van der Waals surface area contributed by atoms with E-state index in [4.69, 9.17) is 0 Å². The van der Waals surface area contributed by atoms with Crippen LogP contribution in [0.25, 0.3) is 0 Å². The fourth-order valence-corrected chi connectivity index (χ4v) is 3.33. The Kier molecular flexibility index (Phi) is 4.27. The number of aryl methyl sites for hydroxylation is 2. The lowest BCUT2D eigenvalue weighted by atomic mass is 10.1. The summed E-state index contributed by atoms with van der Waals surface area (Å²) in [6.07, 6.45) is 1.11. The summed E-state index contributed by atoms with van der Waals surface area (Å²) in [6.45, 7) is 10.3. The Balaban J connectivity index is 1.64. The quantitative estimate of drug-likeness (QED) is 0.893. The molecule has 0 aromatic heterocycles. The number of hydrogen-bond donors (Lipinski definition) is 1. The molecule has 3 rings (SSSR count). The Morgan fingerprint density at radius 2 is 1.90 bits per heavy atom. The van der Waals surface area contributed by atoms with E-state index in [1.165, 1.54) is 11.1 Å². The maximum Gasteiger partial charge on any atom is 0.253 e. The Labute approximate surface area is 127 Å². The second kappa shape index (κ2) is 6.16. The van der Waals surface area contributed by atoms with Gasteiger partial charge >= 0.3 is 0 Å². The number of piperazine rings is 1. The summed E-state index contributed by atoms with van der Waals surface area (Å²) in [5, 5.41) is 3.39. The van der Waals surface area contributed by atoms with E-state index in [1.54, 1.807) is 0 Å². The third-order valence-corrected chi connectivity index (χ3v) is 4.87. The van der Waals surface area contributed by atoms with Crippen molar-refractivity contribution in [1.29, 1.82) is 0 Å². The fraction of sp³-hybridized carbons (Fsp3) is 0.588. The Morgan fingerprint density at radius 3 is 2.62 bits per heavy atom. The molecule has 1 aromatic rings. The zero-order chi connectivity index (χ0) is 14.8. The zero-order valence-corrected chi connectivity index (χ0v) is 13.1. The lowest BCUT2D eigenvalue weighted by Gasteiger charge is -2.32. The molecule has 0 bridgehead atoms. The van der Waals surface area contributed by atoms with E-state index in [0.29, 0.717) is 6.04 Å². The summed E-state index contributed by atoms with van der Waals surface area (Å²) < 4.78 is 0. The highest BCUT2D eigenvalue weighted by atomic mass is 16.2. The molecule has 1 N–H and O–H groups in total. The fourth-order valence-electron chi connectivity index (χ4n) is 3.33. The predicted octanol–water partition coefficient (Wildman–Crippen LogP) is 1.42. The van der Waals surface area contributed by atoms with E-state index in [0.717, 1.165) is 51.3 Å². The third kappa shape index (κ3) is 3.11. The van der Waals surface area contributed by atoms with Crippen molar-refractivity contribution in [3.05, 3.63) is 34.9 Å². The van der Waals surface area contributed by atoms with Gasteiger partial charge in [-0.3, -0.25) is 9.69 Å². The molecular formula is C17H25N3O. The molecule has 0 saturated carbocycles. The van der Waals surface area contributed by atoms with Crippen LogP contribution in [0.1, 0.15) is 27.9 Å². The molecule has 2 aliphatic rings. The van der Waals surface area contributed by atoms with Gasteiger partial charge in [-0.05, 0) is 43.5 Å². The number of amides is 1. The van der Waals surface area contributed by atoms with Crippen LogP contribution in [0.4, 0.5) is 0 Å². The van der Waals surface area contributed by atoms with Gasteiger partial charge in [0.25, 0.3) is 5.91 Å². The van der Waals surface area contributed by atoms with Gasteiger partial charge in [0.1, 0.15) is 0 Å². The van der Waals surface area contributed by atoms with Crippen molar-refractivity contribution in [2.75, 3.05) is 39.3 Å². The number of carbonyl (C=O) groups is 1. The number of nitrogens with one attached hydrogen (secondary N) is 1. The minimum absolute atomic E-state index is 0.190. The number of nitrogens with zero attached hydrogens (tertiary/aromatic N) is 2. The maximum absolute atomic E-state index is 12.6. The second-order valence-electron chi connectivity index (χ2n) is 6.28. The van der Waals surface area contributed by atoms with Gasteiger partial charge in [-0.15, -0.1) is 0 Å². The van der Waals surface area contributed by atoms with Gasteiger partial charge in [0.15, 0.2) is 0 Å². The highest BCUT2D eigenvalue weighted by Crippen LogP contribution is 2.19. The summed E-state index contributed by atoms with van der Waals surface area (Å²) in [6, 6.07) is 6.58. The molecule has 4 nitrogen and oxygen atoms in total. The van der Waals surface area contributed by atoms with Crippen molar-refractivity contribution in [1.82, 2.24) is 15.1 Å². The topological polar surface area (TPSA) is 35.6 Å². The van der Waals surface area contributed by atoms with Crippen molar-refractivity contribution in [3.63, 3.8) is 0 Å². The van der Waals surface area contributed by atoms with Crippen LogP contribution in [0.5, 0.6) is 0 Å². The SMILES string of the molecule is Cc1ccc(C(=O)N2CCC(N3CCNCC3)C2)cc1C. The molecule has 1 aromatic carbocycles. The molecular weight excluding hydrogens is 262 g/mol. The highest BCUT2D eigenvalue weighted by molar-refractivity contribution is 5.94. The monoisotopic (exact) mass is 287 g/mol. The van der Waals surface area contributed by atoms with Gasteiger partial charge in [0.2, 0.25) is 0 Å². The van der Waals surface area contributed by atoms with Crippen LogP contribution in [0.2, 0.25) is 0 Å². The van der Waals surface area contributed by atoms with Gasteiger partial charge in [0.05, 0.1) is 0 Å². The van der Waals surface area contributed by atoms with Crippen LogP contribution in [0, 0.1) is 13.8 Å². The Morgan fingerprint density at radius 1 is 1.14 bits per heavy atom. The zero-order valence-electron chi connectivity index (χ0n) is 13.1. The van der Waals surface area contributed by atoms with Crippen molar-refractivity contribution >= 4 is 5.91 Å². The first-order valence-electron chi connectivity index (χ1n) is 7.96. The third-order valence-electron chi connectivity index (χ3n) is 4.87. The van der Waals surface area contributed by atoms with Crippen LogP contribution in [0.3, 0.4) is 0 Å². The number of benzene rings is 1. The number of likely N-dealkylation sites (tertiary alicyclic amines) is 1. The lowest BCUT2D eigenvalue weighted by Crippen LogP contribution is -2.49. The van der Waals surface area contributed by atoms with Crippen molar-refractivity contribution < 1.29 is 4.79 Å². The first-order chi connectivity index (χ1) is 10.1. The van der Waals surface area contributed by atoms with Gasteiger partial charge in [-0.25, -0.2) is 0 Å². The van der Waals surface area contributed by atoms with E-state index in [9.17, 15) is 4.79 Å². The largest absolute Gasteiger partial charge is 0.337 e. The van der Waals surface area contributed by atoms with Crippen molar-refractivity contribution in [2.45, 2.75) is 26.3 Å². The van der Waals surface area contributed by atoms with Crippen LogP contribution < -0.4 is 5.32 Å². The number of rotatable bonds is 2. The molecule has 1 amide bonds. The normalized spacial score (nSPS) is 23.5. The van der Waals surface area contributed by atoms with Gasteiger partial charge in [-0.2, -0.15) is 0 Å². The molecule has 2 aliphatic heterocycles. The smallest absolute Gasteiger partial charge is 0.253 e. The second-order valence-corrected chi connectivity index (χ2v) is 6.28. The van der Waals surface area contributed by atoms with Crippen LogP contribution in [-0.4, -0.2) is 61.0 Å². The van der Waals surface area contributed by atoms with Gasteiger partial charge in [-0.1, -0.05) is 6.07 Å². The van der Waals surface area contributed by atoms with Gasteiger partial charge < -0.3 is 10.2 Å². The molecule has 2 fully saturated rings. The van der Waals surface area contributed by atoms with Crippen molar-refractivity contribution in [3.8, 4) is 0 Å². The summed E-state index contributed by atoms with van der Waals surface area (Å²) in [5.74, 6) is 0.190. The lowest BCUT2D eigenvalue weighted by molar-refractivity contribution is 0.0773. The van der Waals surface area contributed by atoms with Crippen LogP contribution >= 0.6 is 0 Å². The van der Waals surface area contributed by atoms with Crippen LogP contribution in [-0.2, 0) is 0 Å². The first kappa shape index (κ1) is 14.5. The van der Waals surface area contributed by atoms with E-state index in [1.807, 2.05) is 23.1 Å².